The second-order valence-electron chi connectivity index (χ2n) is 5.55. The molecule has 7 nitrogen and oxygen atoms in total. The lowest BCUT2D eigenvalue weighted by Gasteiger charge is -2.20. The summed E-state index contributed by atoms with van der Waals surface area (Å²) in [5, 5.41) is 9.19. The fourth-order valence-electron chi connectivity index (χ4n) is 1.92. The number of nitrogens with zero attached hydrogens (tertiary/aromatic N) is 1. The molecule has 0 aliphatic carbocycles. The summed E-state index contributed by atoms with van der Waals surface area (Å²) < 4.78 is 26.8. The molecule has 0 aromatic heterocycles. The molecule has 23 heavy (non-hydrogen) atoms. The van der Waals surface area contributed by atoms with Gasteiger partial charge in [0.25, 0.3) is 5.91 Å². The molecule has 0 bridgehead atoms. The van der Waals surface area contributed by atoms with Crippen molar-refractivity contribution in [1.29, 1.82) is 0 Å². The van der Waals surface area contributed by atoms with Crippen LogP contribution in [0.5, 0.6) is 0 Å². The molecular weight excluding hydrogens is 320 g/mol. The largest absolute Gasteiger partial charge is 0.480 e. The zero-order valence-corrected chi connectivity index (χ0v) is 14.4. The molecule has 2 N–H and O–H groups in total. The molecule has 1 aromatic carbocycles. The van der Waals surface area contributed by atoms with Gasteiger partial charge in [0.2, 0.25) is 10.0 Å². The molecule has 0 saturated heterocycles. The minimum atomic E-state index is -3.98. The van der Waals surface area contributed by atoms with Crippen LogP contribution in [0.4, 0.5) is 0 Å². The molecule has 0 unspecified atom stereocenters. The van der Waals surface area contributed by atoms with Gasteiger partial charge < -0.3 is 10.0 Å². The van der Waals surface area contributed by atoms with Crippen molar-refractivity contribution in [1.82, 2.24) is 9.62 Å². The monoisotopic (exact) mass is 342 g/mol. The highest BCUT2D eigenvalue weighted by atomic mass is 32.2. The third-order valence-corrected chi connectivity index (χ3v) is 5.04. The van der Waals surface area contributed by atoms with Crippen LogP contribution in [0.25, 0.3) is 0 Å². The maximum absolute atomic E-state index is 12.3. The number of nitrogens with one attached hydrogen (secondary N) is 1. The molecule has 8 heteroatoms. The first-order chi connectivity index (χ1) is 10.6. The molecule has 1 rings (SSSR count). The van der Waals surface area contributed by atoms with Crippen LogP contribution < -0.4 is 4.72 Å². The Hall–Kier alpha value is -1.93. The van der Waals surface area contributed by atoms with Crippen LogP contribution in [0.3, 0.4) is 0 Å². The van der Waals surface area contributed by atoms with E-state index in [4.69, 9.17) is 0 Å². The molecule has 0 saturated carbocycles. The van der Waals surface area contributed by atoms with Gasteiger partial charge in [-0.2, -0.15) is 4.72 Å². The maximum Gasteiger partial charge on any atom is 0.322 e. The third kappa shape index (κ3) is 4.77. The first-order valence-electron chi connectivity index (χ1n) is 7.17. The van der Waals surface area contributed by atoms with Gasteiger partial charge in [-0.15, -0.1) is 0 Å². The second kappa shape index (κ2) is 7.56. The summed E-state index contributed by atoms with van der Waals surface area (Å²) in [5.41, 5.74) is 0.352. The van der Waals surface area contributed by atoms with Crippen LogP contribution >= 0.6 is 0 Å². The SMILES string of the molecule is CC[C@H](C)[C@H](NS(=O)(=O)c1ccc(C(=O)N(C)C)cc1)C(=O)O. The summed E-state index contributed by atoms with van der Waals surface area (Å²) in [7, 11) is -0.787. The average molecular weight is 342 g/mol. The quantitative estimate of drug-likeness (QED) is 0.774. The first kappa shape index (κ1) is 19.1. The molecule has 1 aromatic rings. The highest BCUT2D eigenvalue weighted by Gasteiger charge is 2.29. The Morgan fingerprint density at radius 2 is 1.74 bits per heavy atom. The van der Waals surface area contributed by atoms with Crippen LogP contribution in [0.15, 0.2) is 29.2 Å². The Balaban J connectivity index is 3.04. The van der Waals surface area contributed by atoms with Gasteiger partial charge >= 0.3 is 5.97 Å². The molecule has 0 radical (unpaired) electrons. The van der Waals surface area contributed by atoms with Crippen molar-refractivity contribution in [3.63, 3.8) is 0 Å². The molecular formula is C15H22N2O5S. The highest BCUT2D eigenvalue weighted by molar-refractivity contribution is 7.89. The van der Waals surface area contributed by atoms with Gasteiger partial charge in [0.05, 0.1) is 4.90 Å². The number of carboxylic acids is 1. The predicted molar refractivity (Wildman–Crippen MR) is 85.7 cm³/mol. The van der Waals surface area contributed by atoms with E-state index in [1.807, 2.05) is 0 Å². The fraction of sp³-hybridized carbons (Fsp3) is 0.467. The van der Waals surface area contributed by atoms with Crippen molar-refractivity contribution in [3.8, 4) is 0 Å². The van der Waals surface area contributed by atoms with Crippen LogP contribution in [-0.4, -0.2) is 50.4 Å². The van der Waals surface area contributed by atoms with Crippen molar-refractivity contribution in [2.75, 3.05) is 14.1 Å². The molecule has 0 aliphatic rings. The van der Waals surface area contributed by atoms with E-state index < -0.39 is 22.0 Å². The average Bonchev–Trinajstić information content (AvgIpc) is 2.51. The number of hydrogen-bond donors (Lipinski definition) is 2. The summed E-state index contributed by atoms with van der Waals surface area (Å²) in [6.07, 6.45) is 0.524. The summed E-state index contributed by atoms with van der Waals surface area (Å²) in [5.74, 6) is -1.82. The summed E-state index contributed by atoms with van der Waals surface area (Å²) in [4.78, 5) is 24.3. The number of rotatable bonds is 7. The number of aliphatic carboxylic acids is 1. The van der Waals surface area contributed by atoms with Gasteiger partial charge in [0.1, 0.15) is 6.04 Å². The van der Waals surface area contributed by atoms with E-state index in [0.717, 1.165) is 0 Å². The Morgan fingerprint density at radius 1 is 1.22 bits per heavy atom. The van der Waals surface area contributed by atoms with E-state index in [0.29, 0.717) is 12.0 Å². The molecule has 2 atom stereocenters. The number of benzene rings is 1. The predicted octanol–water partition coefficient (Wildman–Crippen LogP) is 1.17. The van der Waals surface area contributed by atoms with Gasteiger partial charge in [-0.3, -0.25) is 9.59 Å². The number of hydrogen-bond acceptors (Lipinski definition) is 4. The first-order valence-corrected chi connectivity index (χ1v) is 8.65. The normalized spacial score (nSPS) is 14.1. The molecule has 1 amide bonds. The van der Waals surface area contributed by atoms with Crippen LogP contribution in [0.2, 0.25) is 0 Å². The lowest BCUT2D eigenvalue weighted by molar-refractivity contribution is -0.140. The van der Waals surface area contributed by atoms with Crippen LogP contribution in [0.1, 0.15) is 30.6 Å². The molecule has 0 fully saturated rings. The summed E-state index contributed by atoms with van der Waals surface area (Å²) >= 11 is 0. The number of sulfonamides is 1. The number of carbonyl (C=O) groups is 2. The maximum atomic E-state index is 12.3. The molecule has 128 valence electrons. The van der Waals surface area contributed by atoms with E-state index in [2.05, 4.69) is 4.72 Å². The summed E-state index contributed by atoms with van der Waals surface area (Å²) in [6.45, 7) is 3.46. The Bertz CT molecular complexity index is 668. The molecule has 0 spiro atoms. The summed E-state index contributed by atoms with van der Waals surface area (Å²) in [6, 6.07) is 4.17. The Labute approximate surface area is 136 Å². The van der Waals surface area contributed by atoms with E-state index in [1.54, 1.807) is 27.9 Å². The smallest absolute Gasteiger partial charge is 0.322 e. The standard InChI is InChI=1S/C15H22N2O5S/c1-5-10(2)13(15(19)20)16-23(21,22)12-8-6-11(7-9-12)14(18)17(3)4/h6-10,13,16H,5H2,1-4H3,(H,19,20)/t10-,13-/m0/s1. The van der Waals surface area contributed by atoms with Crippen LogP contribution in [-0.2, 0) is 14.8 Å². The number of carboxylic acid groups (broad SMARTS) is 1. The topological polar surface area (TPSA) is 104 Å². The lowest BCUT2D eigenvalue weighted by atomic mass is 10.0. The van der Waals surface area contributed by atoms with Crippen LogP contribution in [0, 0.1) is 5.92 Å². The van der Waals surface area contributed by atoms with Crippen molar-refractivity contribution in [2.45, 2.75) is 31.2 Å². The van der Waals surface area contributed by atoms with Crippen molar-refractivity contribution < 1.29 is 23.1 Å². The second-order valence-corrected chi connectivity index (χ2v) is 7.26. The Morgan fingerprint density at radius 3 is 2.13 bits per heavy atom. The lowest BCUT2D eigenvalue weighted by Crippen LogP contribution is -2.44. The number of carbonyl (C=O) groups excluding carboxylic acids is 1. The Kier molecular flexibility index (Phi) is 6.28. The van der Waals surface area contributed by atoms with Crippen molar-refractivity contribution in [3.05, 3.63) is 29.8 Å². The van der Waals surface area contributed by atoms with E-state index in [1.165, 1.54) is 29.2 Å². The molecule has 0 heterocycles. The van der Waals surface area contributed by atoms with Gasteiger partial charge in [-0.1, -0.05) is 20.3 Å². The van der Waals surface area contributed by atoms with Gasteiger partial charge in [0.15, 0.2) is 0 Å². The van der Waals surface area contributed by atoms with E-state index >= 15 is 0 Å². The fourth-order valence-corrected chi connectivity index (χ4v) is 3.21. The van der Waals surface area contributed by atoms with E-state index in [-0.39, 0.29) is 16.7 Å². The van der Waals surface area contributed by atoms with Gasteiger partial charge in [0, 0.05) is 19.7 Å². The minimum absolute atomic E-state index is 0.0811. The third-order valence-electron chi connectivity index (χ3n) is 3.58. The van der Waals surface area contributed by atoms with Gasteiger partial charge in [-0.05, 0) is 30.2 Å². The van der Waals surface area contributed by atoms with E-state index in [9.17, 15) is 23.1 Å². The molecule has 0 aliphatic heterocycles. The van der Waals surface area contributed by atoms with Gasteiger partial charge in [-0.25, -0.2) is 8.42 Å². The minimum Gasteiger partial charge on any atom is -0.480 e. The van der Waals surface area contributed by atoms with Crippen molar-refractivity contribution >= 4 is 21.9 Å². The number of amides is 1. The highest BCUT2D eigenvalue weighted by Crippen LogP contribution is 2.15. The van der Waals surface area contributed by atoms with Crippen molar-refractivity contribution in [2.24, 2.45) is 5.92 Å². The zero-order chi connectivity index (χ0) is 17.8. The zero-order valence-electron chi connectivity index (χ0n) is 13.6.